The zero-order valence-corrected chi connectivity index (χ0v) is 29.6. The van der Waals surface area contributed by atoms with Crippen molar-refractivity contribution in [3.05, 3.63) is 135 Å². The summed E-state index contributed by atoms with van der Waals surface area (Å²) in [5.41, 5.74) is 12.3. The van der Waals surface area contributed by atoms with Crippen molar-refractivity contribution in [3.8, 4) is 0 Å². The number of rotatable bonds is 8. The Labute approximate surface area is 281 Å². The molecule has 2 aliphatic rings. The highest BCUT2D eigenvalue weighted by Crippen LogP contribution is 2.47. The van der Waals surface area contributed by atoms with E-state index in [1.165, 1.54) is 56.1 Å². The minimum absolute atomic E-state index is 0.000782. The molecule has 0 spiro atoms. The molecule has 2 saturated heterocycles. The number of allylic oxidation sites excluding steroid dienone is 3. The van der Waals surface area contributed by atoms with Gasteiger partial charge in [0.05, 0.1) is 13.2 Å². The molecule has 0 amide bonds. The number of carboxylic acids is 1. The molecular formula is C41H52O6. The first kappa shape index (κ1) is 37.6. The van der Waals surface area contributed by atoms with E-state index in [0.717, 1.165) is 5.57 Å². The van der Waals surface area contributed by atoms with Crippen molar-refractivity contribution < 1.29 is 29.6 Å². The van der Waals surface area contributed by atoms with Crippen molar-refractivity contribution in [3.63, 3.8) is 0 Å². The molecule has 0 radical (unpaired) electrons. The summed E-state index contributed by atoms with van der Waals surface area (Å²) in [5.74, 6) is -0.930. The van der Waals surface area contributed by atoms with Crippen molar-refractivity contribution in [2.45, 2.75) is 92.6 Å². The fourth-order valence-corrected chi connectivity index (χ4v) is 5.87. The summed E-state index contributed by atoms with van der Waals surface area (Å²) in [6, 6.07) is 19.2. The van der Waals surface area contributed by atoms with Crippen LogP contribution in [0.2, 0.25) is 0 Å². The highest BCUT2D eigenvalue weighted by atomic mass is 16.6. The molecule has 6 nitrogen and oxygen atoms in total. The number of aryl methyl sites for hydroxylation is 6. The van der Waals surface area contributed by atoms with E-state index in [9.17, 15) is 4.79 Å². The minimum Gasteiger partial charge on any atom is -0.478 e. The van der Waals surface area contributed by atoms with Gasteiger partial charge in [0, 0.05) is 6.08 Å². The lowest BCUT2D eigenvalue weighted by Crippen LogP contribution is -2.10. The van der Waals surface area contributed by atoms with Crippen LogP contribution in [0.5, 0.6) is 0 Å². The Hall–Kier alpha value is -3.81. The molecule has 6 heteroatoms. The van der Waals surface area contributed by atoms with Crippen LogP contribution < -0.4 is 0 Å². The van der Waals surface area contributed by atoms with E-state index < -0.39 is 5.97 Å². The fraction of sp³-hybridized carbons (Fsp3) is 0.390. The van der Waals surface area contributed by atoms with Crippen molar-refractivity contribution in [2.24, 2.45) is 0 Å². The largest absolute Gasteiger partial charge is 0.478 e. The zero-order chi connectivity index (χ0) is 35.1. The lowest BCUT2D eigenvalue weighted by atomic mass is 9.94. The van der Waals surface area contributed by atoms with Gasteiger partial charge in [0.1, 0.15) is 23.4 Å². The van der Waals surface area contributed by atoms with Gasteiger partial charge in [0.2, 0.25) is 0 Å². The van der Waals surface area contributed by atoms with Crippen LogP contribution in [0.25, 0.3) is 5.57 Å². The standard InChI is InChI=1S/C17H20O3.C12H16O2.C12H16O/c1-11(10-16(18)19)5-6-15-17(4,20-15)14-8-12(2)7-13(3)9-14;1-8-4-9(2)6-10(5-8)12(3)11(7-13)14-12;1-9-6-10(2)8-12(7-9)11(3)4-5-13/h5-10,15H,1-4H3,(H,18,19);4-6,11,13H,7H2,1-3H3;4,6-8,13H,5H2,1-3H3/b;;11-4-/t15?,17-;11?,12-;/m11./s1. The minimum atomic E-state index is -0.930. The second-order valence-corrected chi connectivity index (χ2v) is 13.3. The van der Waals surface area contributed by atoms with Crippen LogP contribution >= 0.6 is 0 Å². The number of ether oxygens (including phenoxy) is 2. The molecule has 252 valence electrons. The van der Waals surface area contributed by atoms with E-state index in [0.29, 0.717) is 5.57 Å². The Morgan fingerprint density at radius 3 is 1.57 bits per heavy atom. The van der Waals surface area contributed by atoms with Gasteiger partial charge in [-0.3, -0.25) is 0 Å². The van der Waals surface area contributed by atoms with Gasteiger partial charge in [-0.1, -0.05) is 106 Å². The van der Waals surface area contributed by atoms with Gasteiger partial charge in [-0.05, 0) is 97.1 Å². The monoisotopic (exact) mass is 640 g/mol. The van der Waals surface area contributed by atoms with E-state index in [1.54, 1.807) is 13.0 Å². The number of epoxide rings is 2. The second kappa shape index (κ2) is 15.9. The molecule has 2 aliphatic heterocycles. The normalized spacial score (nSPS) is 23.4. The van der Waals surface area contributed by atoms with Crippen LogP contribution in [-0.4, -0.2) is 46.7 Å². The first-order valence-electron chi connectivity index (χ1n) is 16.1. The number of hydrogen-bond donors (Lipinski definition) is 3. The molecule has 2 unspecified atom stereocenters. The molecule has 2 heterocycles. The van der Waals surface area contributed by atoms with Crippen LogP contribution in [0.4, 0.5) is 0 Å². The number of benzene rings is 3. The van der Waals surface area contributed by atoms with Crippen molar-refractivity contribution >= 4 is 11.5 Å². The van der Waals surface area contributed by atoms with Crippen molar-refractivity contribution in [1.29, 1.82) is 0 Å². The third-order valence-electron chi connectivity index (χ3n) is 8.52. The maximum atomic E-state index is 10.6. The third-order valence-corrected chi connectivity index (χ3v) is 8.52. The topological polar surface area (TPSA) is 103 Å². The number of aliphatic hydroxyl groups is 2. The molecule has 4 atom stereocenters. The lowest BCUT2D eigenvalue weighted by molar-refractivity contribution is -0.131. The fourth-order valence-electron chi connectivity index (χ4n) is 5.87. The summed E-state index contributed by atoms with van der Waals surface area (Å²) >= 11 is 0. The van der Waals surface area contributed by atoms with Gasteiger partial charge >= 0.3 is 5.97 Å². The molecule has 0 saturated carbocycles. The highest BCUT2D eigenvalue weighted by molar-refractivity contribution is 5.81. The third kappa shape index (κ3) is 10.6. The van der Waals surface area contributed by atoms with Gasteiger partial charge < -0.3 is 24.8 Å². The molecular weight excluding hydrogens is 588 g/mol. The smallest absolute Gasteiger partial charge is 0.328 e. The van der Waals surface area contributed by atoms with E-state index in [-0.39, 0.29) is 36.6 Å². The maximum absolute atomic E-state index is 10.6. The van der Waals surface area contributed by atoms with Crippen LogP contribution in [0.3, 0.4) is 0 Å². The van der Waals surface area contributed by atoms with E-state index in [2.05, 4.69) is 103 Å². The molecule has 5 rings (SSSR count). The Bertz CT molecular complexity index is 1600. The predicted octanol–water partition coefficient (Wildman–Crippen LogP) is 8.11. The predicted molar refractivity (Wildman–Crippen MR) is 191 cm³/mol. The van der Waals surface area contributed by atoms with Crippen LogP contribution in [-0.2, 0) is 25.5 Å². The first-order valence-corrected chi connectivity index (χ1v) is 16.1. The van der Waals surface area contributed by atoms with Crippen LogP contribution in [0, 0.1) is 41.5 Å². The Balaban J connectivity index is 0.000000198. The summed E-state index contributed by atoms with van der Waals surface area (Å²) < 4.78 is 11.3. The van der Waals surface area contributed by atoms with Gasteiger partial charge in [0.25, 0.3) is 0 Å². The molecule has 3 aromatic carbocycles. The van der Waals surface area contributed by atoms with Gasteiger partial charge in [0.15, 0.2) is 0 Å². The van der Waals surface area contributed by atoms with Crippen molar-refractivity contribution in [1.82, 2.24) is 0 Å². The average Bonchev–Trinajstić information content (AvgIpc) is 3.85. The molecule has 3 aromatic rings. The summed E-state index contributed by atoms with van der Waals surface area (Å²) in [7, 11) is 0. The van der Waals surface area contributed by atoms with Crippen molar-refractivity contribution in [2.75, 3.05) is 13.2 Å². The molecule has 0 aromatic heterocycles. The molecule has 3 N–H and O–H groups in total. The highest BCUT2D eigenvalue weighted by Gasteiger charge is 2.53. The first-order chi connectivity index (χ1) is 22.0. The quantitative estimate of drug-likeness (QED) is 0.131. The number of carboxylic acid groups (broad SMARTS) is 1. The van der Waals surface area contributed by atoms with Gasteiger partial charge in [-0.25, -0.2) is 4.79 Å². The number of hydrogen-bond acceptors (Lipinski definition) is 5. The van der Waals surface area contributed by atoms with E-state index in [1.807, 2.05) is 26.0 Å². The Kier molecular flexibility index (Phi) is 12.7. The maximum Gasteiger partial charge on any atom is 0.328 e. The summed E-state index contributed by atoms with van der Waals surface area (Å²) in [5, 5.41) is 26.4. The average molecular weight is 641 g/mol. The van der Waals surface area contributed by atoms with Crippen LogP contribution in [0.1, 0.15) is 77.8 Å². The zero-order valence-electron chi connectivity index (χ0n) is 29.6. The summed E-state index contributed by atoms with van der Waals surface area (Å²) in [4.78, 5) is 10.6. The van der Waals surface area contributed by atoms with Gasteiger partial charge in [-0.15, -0.1) is 0 Å². The van der Waals surface area contributed by atoms with Gasteiger partial charge in [-0.2, -0.15) is 0 Å². The number of aliphatic hydroxyl groups excluding tert-OH is 2. The summed E-state index contributed by atoms with van der Waals surface area (Å²) in [6.45, 7) is 20.6. The molecule has 0 aliphatic carbocycles. The van der Waals surface area contributed by atoms with E-state index in [4.69, 9.17) is 24.8 Å². The molecule has 47 heavy (non-hydrogen) atoms. The summed E-state index contributed by atoms with van der Waals surface area (Å²) in [6.07, 6.45) is 6.71. The number of aliphatic carboxylic acids is 1. The Morgan fingerprint density at radius 1 is 0.723 bits per heavy atom. The second-order valence-electron chi connectivity index (χ2n) is 13.3. The van der Waals surface area contributed by atoms with Crippen LogP contribution in [0.15, 0.2) is 84.5 Å². The Morgan fingerprint density at radius 2 is 1.17 bits per heavy atom. The molecule has 2 fully saturated rings. The van der Waals surface area contributed by atoms with E-state index >= 15 is 0 Å². The number of carbonyl (C=O) groups is 1. The molecule has 0 bridgehead atoms. The lowest BCUT2D eigenvalue weighted by Gasteiger charge is -2.09. The SMILES string of the molecule is C/C(=C/CO)c1cc(C)cc(C)c1.CC(C=CC1O[C@]1(C)c1cc(C)cc(C)c1)=CC(=O)O.Cc1cc(C)cc([C@@]2(C)OC2CO)c1.